The molecule has 0 radical (unpaired) electrons. The van der Waals surface area contributed by atoms with Gasteiger partial charge in [-0.05, 0) is 43.5 Å². The van der Waals surface area contributed by atoms with Gasteiger partial charge in [-0.1, -0.05) is 30.3 Å². The molecule has 4 rings (SSSR count). The van der Waals surface area contributed by atoms with E-state index in [2.05, 4.69) is 10.3 Å². The molecule has 3 aromatic rings. The van der Waals surface area contributed by atoms with Crippen LogP contribution in [0, 0.1) is 0 Å². The molecular weight excluding hydrogens is 421 g/mol. The van der Waals surface area contributed by atoms with Crippen molar-refractivity contribution in [3.63, 3.8) is 0 Å². The predicted octanol–water partition coefficient (Wildman–Crippen LogP) is 5.14. The third kappa shape index (κ3) is 4.81. The highest BCUT2D eigenvalue weighted by molar-refractivity contribution is 5.80. The predicted molar refractivity (Wildman–Crippen MR) is 116 cm³/mol. The minimum Gasteiger partial charge on any atom is -0.450 e. The number of carbonyl (C=O) groups is 1. The number of ether oxygens (including phenoxy) is 1. The van der Waals surface area contributed by atoms with Gasteiger partial charge in [0.15, 0.2) is 0 Å². The number of halogens is 3. The normalized spacial score (nSPS) is 15.2. The summed E-state index contributed by atoms with van der Waals surface area (Å²) in [7, 11) is 0. The first kappa shape index (κ1) is 22.0. The van der Waals surface area contributed by atoms with E-state index in [0.717, 1.165) is 17.7 Å². The van der Waals surface area contributed by atoms with Gasteiger partial charge in [0.25, 0.3) is 0 Å². The highest BCUT2D eigenvalue weighted by Crippen LogP contribution is 2.32. The Balaban J connectivity index is 1.59. The molecule has 1 N–H and O–H groups in total. The molecule has 0 aliphatic carbocycles. The zero-order chi connectivity index (χ0) is 22.7. The standard InChI is InChI=1S/C23H25F3N4O2/c1-2-32-22(31)29-12-10-18(11-13-29)27-21-28-19-14-17(23(24,25)26)8-9-20(19)30(21)15-16-6-4-3-5-7-16/h3-9,14,18H,2,10-13,15H2,1H3,(H,27,28). The topological polar surface area (TPSA) is 59.4 Å². The van der Waals surface area contributed by atoms with Gasteiger partial charge in [-0.15, -0.1) is 0 Å². The van der Waals surface area contributed by atoms with E-state index in [1.807, 2.05) is 34.9 Å². The number of nitrogens with zero attached hydrogens (tertiary/aromatic N) is 3. The summed E-state index contributed by atoms with van der Waals surface area (Å²) >= 11 is 0. The van der Waals surface area contributed by atoms with Crippen molar-refractivity contribution in [1.29, 1.82) is 0 Å². The Kier molecular flexibility index (Phi) is 6.25. The number of anilines is 1. The lowest BCUT2D eigenvalue weighted by Gasteiger charge is -2.32. The fourth-order valence-electron chi connectivity index (χ4n) is 3.95. The van der Waals surface area contributed by atoms with Gasteiger partial charge >= 0.3 is 12.3 Å². The second kappa shape index (κ2) is 9.10. The van der Waals surface area contributed by atoms with Gasteiger partial charge in [0.2, 0.25) is 5.95 Å². The van der Waals surface area contributed by atoms with E-state index in [1.165, 1.54) is 6.07 Å². The van der Waals surface area contributed by atoms with Crippen LogP contribution in [0.5, 0.6) is 0 Å². The van der Waals surface area contributed by atoms with Crippen LogP contribution in [0.3, 0.4) is 0 Å². The number of likely N-dealkylation sites (tertiary alicyclic amines) is 1. The average molecular weight is 446 g/mol. The third-order valence-corrected chi connectivity index (χ3v) is 5.61. The Morgan fingerprint density at radius 1 is 1.16 bits per heavy atom. The molecule has 0 saturated carbocycles. The number of imidazole rings is 1. The highest BCUT2D eigenvalue weighted by atomic mass is 19.4. The molecule has 1 aliphatic rings. The van der Waals surface area contributed by atoms with E-state index in [-0.39, 0.29) is 12.1 Å². The first-order valence-electron chi connectivity index (χ1n) is 10.6. The summed E-state index contributed by atoms with van der Waals surface area (Å²) < 4.78 is 46.6. The van der Waals surface area contributed by atoms with Crippen molar-refractivity contribution in [2.24, 2.45) is 0 Å². The van der Waals surface area contributed by atoms with E-state index >= 15 is 0 Å². The molecule has 1 fully saturated rings. The maximum Gasteiger partial charge on any atom is 0.416 e. The lowest BCUT2D eigenvalue weighted by molar-refractivity contribution is -0.137. The van der Waals surface area contributed by atoms with E-state index < -0.39 is 11.7 Å². The molecule has 9 heteroatoms. The van der Waals surface area contributed by atoms with Crippen LogP contribution in [-0.4, -0.2) is 46.3 Å². The van der Waals surface area contributed by atoms with Crippen LogP contribution in [0.2, 0.25) is 0 Å². The SMILES string of the molecule is CCOC(=O)N1CCC(Nc2nc3cc(C(F)(F)F)ccc3n2Cc2ccccc2)CC1. The number of fused-ring (bicyclic) bond motifs is 1. The summed E-state index contributed by atoms with van der Waals surface area (Å²) in [6.07, 6.45) is -3.35. The van der Waals surface area contributed by atoms with Gasteiger partial charge in [0.05, 0.1) is 29.7 Å². The smallest absolute Gasteiger partial charge is 0.416 e. The van der Waals surface area contributed by atoms with Gasteiger partial charge in [-0.2, -0.15) is 13.2 Å². The van der Waals surface area contributed by atoms with Crippen molar-refractivity contribution in [2.75, 3.05) is 25.0 Å². The Labute approximate surface area is 184 Å². The molecule has 0 bridgehead atoms. The van der Waals surface area contributed by atoms with Gasteiger partial charge in [0.1, 0.15) is 0 Å². The van der Waals surface area contributed by atoms with Crippen LogP contribution >= 0.6 is 0 Å². The highest BCUT2D eigenvalue weighted by Gasteiger charge is 2.31. The number of alkyl halides is 3. The van der Waals surface area contributed by atoms with Crippen LogP contribution in [-0.2, 0) is 17.5 Å². The summed E-state index contributed by atoms with van der Waals surface area (Å²) in [4.78, 5) is 18.1. The molecule has 2 heterocycles. The van der Waals surface area contributed by atoms with Crippen molar-refractivity contribution in [1.82, 2.24) is 14.5 Å². The zero-order valence-electron chi connectivity index (χ0n) is 17.7. The number of amides is 1. The van der Waals surface area contributed by atoms with Crippen molar-refractivity contribution < 1.29 is 22.7 Å². The first-order valence-corrected chi connectivity index (χ1v) is 10.6. The maximum absolute atomic E-state index is 13.2. The summed E-state index contributed by atoms with van der Waals surface area (Å²) in [6, 6.07) is 13.4. The first-order chi connectivity index (χ1) is 15.3. The molecule has 0 atom stereocenters. The largest absolute Gasteiger partial charge is 0.450 e. The van der Waals surface area contributed by atoms with Gasteiger partial charge in [-0.25, -0.2) is 9.78 Å². The maximum atomic E-state index is 13.2. The molecule has 1 amide bonds. The molecule has 0 unspecified atom stereocenters. The Hall–Kier alpha value is -3.23. The molecule has 32 heavy (non-hydrogen) atoms. The quantitative estimate of drug-likeness (QED) is 0.590. The van der Waals surface area contributed by atoms with E-state index in [0.29, 0.717) is 56.1 Å². The van der Waals surface area contributed by atoms with Crippen LogP contribution in [0.4, 0.5) is 23.9 Å². The second-order valence-electron chi connectivity index (χ2n) is 7.81. The number of hydrogen-bond donors (Lipinski definition) is 1. The number of benzene rings is 2. The minimum atomic E-state index is -4.43. The zero-order valence-corrected chi connectivity index (χ0v) is 17.7. The Morgan fingerprint density at radius 2 is 1.88 bits per heavy atom. The molecule has 6 nitrogen and oxygen atoms in total. The molecular formula is C23H25F3N4O2. The third-order valence-electron chi connectivity index (χ3n) is 5.61. The molecule has 1 saturated heterocycles. The number of rotatable bonds is 5. The number of nitrogens with one attached hydrogen (secondary N) is 1. The number of piperidine rings is 1. The number of carbonyl (C=O) groups excluding carboxylic acids is 1. The van der Waals surface area contributed by atoms with Crippen LogP contribution in [0.15, 0.2) is 48.5 Å². The average Bonchev–Trinajstić information content (AvgIpc) is 3.11. The van der Waals surface area contributed by atoms with Gasteiger partial charge < -0.3 is 19.5 Å². The van der Waals surface area contributed by atoms with Crippen molar-refractivity contribution >= 4 is 23.1 Å². The van der Waals surface area contributed by atoms with Crippen LogP contribution in [0.1, 0.15) is 30.9 Å². The fourth-order valence-corrected chi connectivity index (χ4v) is 3.95. The van der Waals surface area contributed by atoms with E-state index in [4.69, 9.17) is 4.74 Å². The second-order valence-corrected chi connectivity index (χ2v) is 7.81. The molecule has 2 aromatic carbocycles. The molecule has 1 aliphatic heterocycles. The summed E-state index contributed by atoms with van der Waals surface area (Å²) in [5.74, 6) is 0.526. The van der Waals surface area contributed by atoms with E-state index in [1.54, 1.807) is 11.8 Å². The van der Waals surface area contributed by atoms with Gasteiger partial charge in [-0.3, -0.25) is 0 Å². The summed E-state index contributed by atoms with van der Waals surface area (Å²) in [6.45, 7) is 3.68. The molecule has 1 aromatic heterocycles. The van der Waals surface area contributed by atoms with Crippen LogP contribution < -0.4 is 5.32 Å². The van der Waals surface area contributed by atoms with Crippen molar-refractivity contribution in [3.05, 3.63) is 59.7 Å². The van der Waals surface area contributed by atoms with E-state index in [9.17, 15) is 18.0 Å². The number of hydrogen-bond acceptors (Lipinski definition) is 4. The lowest BCUT2D eigenvalue weighted by atomic mass is 10.1. The Morgan fingerprint density at radius 3 is 2.53 bits per heavy atom. The minimum absolute atomic E-state index is 0.0501. The fraction of sp³-hybridized carbons (Fsp3) is 0.391. The van der Waals surface area contributed by atoms with Crippen molar-refractivity contribution in [3.8, 4) is 0 Å². The van der Waals surface area contributed by atoms with Crippen LogP contribution in [0.25, 0.3) is 11.0 Å². The monoisotopic (exact) mass is 446 g/mol. The van der Waals surface area contributed by atoms with Gasteiger partial charge in [0, 0.05) is 19.1 Å². The molecule has 170 valence electrons. The molecule has 0 spiro atoms. The van der Waals surface area contributed by atoms with Crippen molar-refractivity contribution in [2.45, 2.75) is 38.5 Å². The summed E-state index contributed by atoms with van der Waals surface area (Å²) in [5.41, 5.74) is 1.23. The Bertz CT molecular complexity index is 1070. The lowest BCUT2D eigenvalue weighted by Crippen LogP contribution is -2.42. The summed E-state index contributed by atoms with van der Waals surface area (Å²) in [5, 5.41) is 3.40. The number of aromatic nitrogens is 2.